The van der Waals surface area contributed by atoms with Crippen LogP contribution >= 0.6 is 0 Å². The topological polar surface area (TPSA) is 44.9 Å². The molecule has 1 unspecified atom stereocenters. The zero-order valence-corrected chi connectivity index (χ0v) is 8.19. The van der Waals surface area contributed by atoms with Gasteiger partial charge in [-0.15, -0.1) is 0 Å². The van der Waals surface area contributed by atoms with Gasteiger partial charge >= 0.3 is 0 Å². The lowest BCUT2D eigenvalue weighted by molar-refractivity contribution is 0.133. The minimum Gasteiger partial charge on any atom is -0.322 e. The van der Waals surface area contributed by atoms with Crippen LogP contribution in [0.4, 0.5) is 0 Å². The molecule has 1 atom stereocenters. The molecule has 2 heterocycles. The second-order valence-electron chi connectivity index (χ2n) is 4.08. The summed E-state index contributed by atoms with van der Waals surface area (Å²) in [6.07, 6.45) is 4.31. The molecule has 2 N–H and O–H groups in total. The fourth-order valence-electron chi connectivity index (χ4n) is 2.02. The van der Waals surface area contributed by atoms with Gasteiger partial charge in [0.25, 0.3) is 0 Å². The Kier molecular flexibility index (Phi) is 2.51. The van der Waals surface area contributed by atoms with Crippen molar-refractivity contribution in [3.63, 3.8) is 0 Å². The third-order valence-electron chi connectivity index (χ3n) is 2.91. The number of hydrazone groups is 1. The van der Waals surface area contributed by atoms with Crippen LogP contribution < -0.4 is 5.73 Å². The van der Waals surface area contributed by atoms with Crippen molar-refractivity contribution >= 4 is 6.21 Å². The molecule has 0 amide bonds. The number of rotatable bonds is 1. The van der Waals surface area contributed by atoms with Gasteiger partial charge < -0.3 is 10.6 Å². The lowest BCUT2D eigenvalue weighted by atomic mass is 10.1. The molecular formula is C9H18N4. The van der Waals surface area contributed by atoms with Gasteiger partial charge in [0.2, 0.25) is 0 Å². The van der Waals surface area contributed by atoms with E-state index in [4.69, 9.17) is 5.73 Å². The first kappa shape index (κ1) is 8.97. The Morgan fingerprint density at radius 2 is 2.08 bits per heavy atom. The summed E-state index contributed by atoms with van der Waals surface area (Å²) < 4.78 is 0. The minimum atomic E-state index is 0.152. The summed E-state index contributed by atoms with van der Waals surface area (Å²) in [5.41, 5.74) is 5.76. The van der Waals surface area contributed by atoms with Crippen LogP contribution in [0.25, 0.3) is 0 Å². The molecule has 4 nitrogen and oxygen atoms in total. The highest BCUT2D eigenvalue weighted by Gasteiger charge is 2.25. The van der Waals surface area contributed by atoms with Crippen LogP contribution in [0.5, 0.6) is 0 Å². The van der Waals surface area contributed by atoms with Crippen molar-refractivity contribution < 1.29 is 0 Å². The maximum atomic E-state index is 5.76. The second kappa shape index (κ2) is 3.64. The lowest BCUT2D eigenvalue weighted by Crippen LogP contribution is -2.42. The highest BCUT2D eigenvalue weighted by atomic mass is 15.5. The number of nitrogens with two attached hydrogens (primary N) is 1. The van der Waals surface area contributed by atoms with E-state index in [9.17, 15) is 0 Å². The number of hydrogen-bond acceptors (Lipinski definition) is 4. The molecule has 2 aliphatic heterocycles. The van der Waals surface area contributed by atoms with Gasteiger partial charge in [-0.1, -0.05) is 0 Å². The predicted molar refractivity (Wildman–Crippen MR) is 53.7 cm³/mol. The molecule has 1 saturated heterocycles. The largest absolute Gasteiger partial charge is 0.322 e. The standard InChI is InChI=1S/C9H18N4/c1-12-4-2-9(3-5-12)13-7-8(10)6-11-13/h6,8-9H,2-5,7,10H2,1H3. The molecule has 0 aliphatic carbocycles. The zero-order chi connectivity index (χ0) is 9.26. The molecule has 4 heteroatoms. The molecule has 0 aromatic rings. The van der Waals surface area contributed by atoms with Gasteiger partial charge in [-0.25, -0.2) is 0 Å². The smallest absolute Gasteiger partial charge is 0.0612 e. The van der Waals surface area contributed by atoms with Crippen molar-refractivity contribution in [2.24, 2.45) is 10.8 Å². The van der Waals surface area contributed by atoms with E-state index >= 15 is 0 Å². The highest BCUT2D eigenvalue weighted by Crippen LogP contribution is 2.17. The molecule has 13 heavy (non-hydrogen) atoms. The van der Waals surface area contributed by atoms with Crippen molar-refractivity contribution in [2.75, 3.05) is 26.7 Å². The summed E-state index contributed by atoms with van der Waals surface area (Å²) in [5.74, 6) is 0. The quantitative estimate of drug-likeness (QED) is 0.606. The van der Waals surface area contributed by atoms with E-state index in [2.05, 4.69) is 22.1 Å². The summed E-state index contributed by atoms with van der Waals surface area (Å²) in [7, 11) is 2.18. The molecule has 2 rings (SSSR count). The Morgan fingerprint density at radius 3 is 2.62 bits per heavy atom. The SMILES string of the molecule is CN1CCC(N2CC(N)C=N2)CC1. The molecule has 0 radical (unpaired) electrons. The van der Waals surface area contributed by atoms with E-state index in [0.29, 0.717) is 6.04 Å². The molecular weight excluding hydrogens is 164 g/mol. The Balaban J connectivity index is 1.85. The Morgan fingerprint density at radius 1 is 1.38 bits per heavy atom. The molecule has 0 spiro atoms. The van der Waals surface area contributed by atoms with Gasteiger partial charge in [-0.3, -0.25) is 5.01 Å². The fraction of sp³-hybridized carbons (Fsp3) is 0.889. The normalized spacial score (nSPS) is 31.5. The number of nitrogens with zero attached hydrogens (tertiary/aromatic N) is 3. The molecule has 0 aromatic heterocycles. The van der Waals surface area contributed by atoms with Crippen LogP contribution in [0.1, 0.15) is 12.8 Å². The first-order valence-electron chi connectivity index (χ1n) is 5.00. The van der Waals surface area contributed by atoms with Crippen LogP contribution in [0.2, 0.25) is 0 Å². The first-order chi connectivity index (χ1) is 6.25. The zero-order valence-electron chi connectivity index (χ0n) is 8.19. The van der Waals surface area contributed by atoms with E-state index in [1.165, 1.54) is 25.9 Å². The van der Waals surface area contributed by atoms with Crippen LogP contribution in [-0.2, 0) is 0 Å². The van der Waals surface area contributed by atoms with Gasteiger partial charge in [-0.05, 0) is 33.0 Å². The third kappa shape index (κ3) is 2.00. The van der Waals surface area contributed by atoms with Crippen LogP contribution in [0, 0.1) is 0 Å². The van der Waals surface area contributed by atoms with E-state index in [1.54, 1.807) is 0 Å². The van der Waals surface area contributed by atoms with Crippen LogP contribution in [0.3, 0.4) is 0 Å². The van der Waals surface area contributed by atoms with Gasteiger partial charge in [0.1, 0.15) is 0 Å². The van der Waals surface area contributed by atoms with Crippen molar-refractivity contribution in [1.82, 2.24) is 9.91 Å². The second-order valence-corrected chi connectivity index (χ2v) is 4.08. The van der Waals surface area contributed by atoms with Crippen molar-refractivity contribution in [3.05, 3.63) is 0 Å². The van der Waals surface area contributed by atoms with E-state index in [0.717, 1.165) is 6.54 Å². The van der Waals surface area contributed by atoms with Crippen molar-refractivity contribution in [3.8, 4) is 0 Å². The summed E-state index contributed by atoms with van der Waals surface area (Å²) in [4.78, 5) is 2.37. The van der Waals surface area contributed by atoms with Crippen molar-refractivity contribution in [1.29, 1.82) is 0 Å². The van der Waals surface area contributed by atoms with Crippen molar-refractivity contribution in [2.45, 2.75) is 24.9 Å². The number of likely N-dealkylation sites (tertiary alicyclic amines) is 1. The Hall–Kier alpha value is -0.610. The van der Waals surface area contributed by atoms with E-state index in [1.807, 2.05) is 6.21 Å². The monoisotopic (exact) mass is 182 g/mol. The maximum Gasteiger partial charge on any atom is 0.0612 e. The fourth-order valence-corrected chi connectivity index (χ4v) is 2.02. The molecule has 1 fully saturated rings. The molecule has 0 aromatic carbocycles. The number of hydrogen-bond donors (Lipinski definition) is 1. The summed E-state index contributed by atoms with van der Waals surface area (Å²) in [6, 6.07) is 0.778. The highest BCUT2D eigenvalue weighted by molar-refractivity contribution is 5.65. The molecule has 2 aliphatic rings. The molecule has 74 valence electrons. The van der Waals surface area contributed by atoms with Gasteiger partial charge in [-0.2, -0.15) is 5.10 Å². The summed E-state index contributed by atoms with van der Waals surface area (Å²) >= 11 is 0. The maximum absolute atomic E-state index is 5.76. The predicted octanol–water partition coefficient (Wildman–Crippen LogP) is -0.291. The lowest BCUT2D eigenvalue weighted by Gasteiger charge is -2.34. The van der Waals surface area contributed by atoms with Crippen LogP contribution in [0.15, 0.2) is 5.10 Å². The molecule has 0 saturated carbocycles. The summed E-state index contributed by atoms with van der Waals surface area (Å²) in [5, 5.41) is 6.49. The van der Waals surface area contributed by atoms with Gasteiger partial charge in [0.15, 0.2) is 0 Å². The summed E-state index contributed by atoms with van der Waals surface area (Å²) in [6.45, 7) is 3.28. The molecule has 0 bridgehead atoms. The van der Waals surface area contributed by atoms with E-state index < -0.39 is 0 Å². The van der Waals surface area contributed by atoms with E-state index in [-0.39, 0.29) is 6.04 Å². The minimum absolute atomic E-state index is 0.152. The Labute approximate surface area is 79.4 Å². The Bertz CT molecular complexity index is 196. The van der Waals surface area contributed by atoms with Gasteiger partial charge in [0, 0.05) is 12.3 Å². The first-order valence-corrected chi connectivity index (χ1v) is 5.00. The average molecular weight is 182 g/mol. The average Bonchev–Trinajstić information content (AvgIpc) is 2.53. The third-order valence-corrected chi connectivity index (χ3v) is 2.91. The van der Waals surface area contributed by atoms with Gasteiger partial charge in [0.05, 0.1) is 12.6 Å². The number of piperidine rings is 1. The van der Waals surface area contributed by atoms with Crippen LogP contribution in [-0.4, -0.2) is 54.9 Å².